The Kier molecular flexibility index (Phi) is 6.27. The quantitative estimate of drug-likeness (QED) is 0.289. The number of aldehydes is 1. The molecule has 0 amide bonds. The van der Waals surface area contributed by atoms with Crippen LogP contribution in [0.1, 0.15) is 20.8 Å². The van der Waals surface area contributed by atoms with E-state index < -0.39 is 0 Å². The van der Waals surface area contributed by atoms with Gasteiger partial charge in [-0.2, -0.15) is 0 Å². The van der Waals surface area contributed by atoms with E-state index in [9.17, 15) is 4.79 Å². The molecular weight excluding hydrogens is 214 g/mol. The highest BCUT2D eigenvalue weighted by Gasteiger charge is 2.11. The Morgan fingerprint density at radius 1 is 1.35 bits per heavy atom. The molecule has 0 spiro atoms. The normalized spacial score (nSPS) is 15.5. The molecule has 17 heavy (non-hydrogen) atoms. The maximum absolute atomic E-state index is 10.4. The summed E-state index contributed by atoms with van der Waals surface area (Å²) in [4.78, 5) is 10.4. The summed E-state index contributed by atoms with van der Waals surface area (Å²) in [5.74, 6) is 5.69. The molecule has 0 aliphatic heterocycles. The van der Waals surface area contributed by atoms with Gasteiger partial charge in [-0.3, -0.25) is 4.79 Å². The van der Waals surface area contributed by atoms with Gasteiger partial charge in [0.05, 0.1) is 5.70 Å². The van der Waals surface area contributed by atoms with Crippen LogP contribution in [0.15, 0.2) is 34.8 Å². The highest BCUT2D eigenvalue weighted by atomic mass is 16.1. The van der Waals surface area contributed by atoms with Crippen molar-refractivity contribution in [2.24, 2.45) is 23.1 Å². The van der Waals surface area contributed by atoms with Crippen molar-refractivity contribution in [3.8, 4) is 11.8 Å². The largest absolute Gasteiger partial charge is 0.405 e. The highest BCUT2D eigenvalue weighted by Crippen LogP contribution is 2.20. The highest BCUT2D eigenvalue weighted by molar-refractivity contribution is 5.72. The fourth-order valence-electron chi connectivity index (χ4n) is 1.23. The number of nitrogens with two attached hydrogens (primary N) is 3. The molecule has 0 aliphatic rings. The number of carbonyl (C=O) groups excluding carboxylic acids is 1. The van der Waals surface area contributed by atoms with Gasteiger partial charge in [0, 0.05) is 17.2 Å². The minimum Gasteiger partial charge on any atom is -0.405 e. The Morgan fingerprint density at radius 3 is 2.35 bits per heavy atom. The van der Waals surface area contributed by atoms with Crippen molar-refractivity contribution < 1.29 is 4.79 Å². The van der Waals surface area contributed by atoms with E-state index in [0.29, 0.717) is 17.6 Å². The van der Waals surface area contributed by atoms with Crippen LogP contribution in [0.3, 0.4) is 0 Å². The molecule has 0 saturated heterocycles. The first kappa shape index (κ1) is 14.8. The van der Waals surface area contributed by atoms with Crippen molar-refractivity contribution in [2.75, 3.05) is 0 Å². The smallest absolute Gasteiger partial charge is 0.165 e. The average Bonchev–Trinajstić information content (AvgIpc) is 2.33. The van der Waals surface area contributed by atoms with Gasteiger partial charge in [-0.1, -0.05) is 12.8 Å². The lowest BCUT2D eigenvalue weighted by molar-refractivity contribution is -0.104. The first-order valence-corrected chi connectivity index (χ1v) is 5.21. The lowest BCUT2D eigenvalue weighted by Gasteiger charge is -2.13. The summed E-state index contributed by atoms with van der Waals surface area (Å²) in [6.45, 7) is 5.55. The molecule has 6 N–H and O–H groups in total. The summed E-state index contributed by atoms with van der Waals surface area (Å²) < 4.78 is 0. The number of allylic oxidation sites excluding steroid dienone is 4. The Morgan fingerprint density at radius 2 is 1.94 bits per heavy atom. The third kappa shape index (κ3) is 4.47. The third-order valence-corrected chi connectivity index (χ3v) is 2.41. The summed E-state index contributed by atoms with van der Waals surface area (Å²) >= 11 is 0. The molecule has 0 aromatic carbocycles. The molecule has 0 aromatic rings. The standard InChI is InChI=1S/C13H19N3O/c1-4-5-12(10(3)9(2)7-14)13(16)6-11(15)8-17/h6-8,10H,14-16H2,1-3H3/b9-7+,11-6-,13-12-. The fraction of sp³-hybridized carbons (Fsp3) is 0.308. The second-order valence-electron chi connectivity index (χ2n) is 3.64. The Hall–Kier alpha value is -2.15. The molecule has 0 fully saturated rings. The summed E-state index contributed by atoms with van der Waals surface area (Å²) in [5, 5.41) is 0. The minimum atomic E-state index is -0.0110. The van der Waals surface area contributed by atoms with Crippen LogP contribution in [0, 0.1) is 17.8 Å². The van der Waals surface area contributed by atoms with E-state index in [1.807, 2.05) is 13.8 Å². The first-order valence-electron chi connectivity index (χ1n) is 5.21. The second-order valence-corrected chi connectivity index (χ2v) is 3.64. The summed E-state index contributed by atoms with van der Waals surface area (Å²) in [7, 11) is 0. The molecule has 1 atom stereocenters. The van der Waals surface area contributed by atoms with E-state index in [4.69, 9.17) is 17.2 Å². The van der Waals surface area contributed by atoms with Gasteiger partial charge >= 0.3 is 0 Å². The van der Waals surface area contributed by atoms with Crippen LogP contribution >= 0.6 is 0 Å². The van der Waals surface area contributed by atoms with Gasteiger partial charge in [0.1, 0.15) is 0 Å². The van der Waals surface area contributed by atoms with Gasteiger partial charge < -0.3 is 17.2 Å². The monoisotopic (exact) mass is 233 g/mol. The van der Waals surface area contributed by atoms with Crippen LogP contribution in [-0.4, -0.2) is 6.29 Å². The molecule has 92 valence electrons. The van der Waals surface area contributed by atoms with Crippen LogP contribution in [0.5, 0.6) is 0 Å². The van der Waals surface area contributed by atoms with Crippen molar-refractivity contribution in [2.45, 2.75) is 20.8 Å². The minimum absolute atomic E-state index is 0.0110. The van der Waals surface area contributed by atoms with E-state index in [2.05, 4.69) is 11.8 Å². The predicted molar refractivity (Wildman–Crippen MR) is 70.1 cm³/mol. The van der Waals surface area contributed by atoms with E-state index >= 15 is 0 Å². The Labute approximate surface area is 102 Å². The van der Waals surface area contributed by atoms with Crippen molar-refractivity contribution in [1.82, 2.24) is 0 Å². The first-order chi connectivity index (χ1) is 7.97. The molecule has 0 radical (unpaired) electrons. The molecule has 1 unspecified atom stereocenters. The average molecular weight is 233 g/mol. The van der Waals surface area contributed by atoms with Crippen molar-refractivity contribution >= 4 is 6.29 Å². The summed E-state index contributed by atoms with van der Waals surface area (Å²) in [6, 6.07) is 0. The molecular formula is C13H19N3O. The second kappa shape index (κ2) is 7.18. The van der Waals surface area contributed by atoms with Gasteiger partial charge in [0.15, 0.2) is 6.29 Å². The predicted octanol–water partition coefficient (Wildman–Crippen LogP) is 0.763. The number of rotatable bonds is 4. The van der Waals surface area contributed by atoms with E-state index in [1.54, 1.807) is 6.92 Å². The molecule has 4 heteroatoms. The Bertz CT molecular complexity index is 433. The Balaban J connectivity index is 5.55. The van der Waals surface area contributed by atoms with Gasteiger partial charge in [-0.15, -0.1) is 5.92 Å². The van der Waals surface area contributed by atoms with Gasteiger partial charge in [0.2, 0.25) is 0 Å². The topological polar surface area (TPSA) is 95.1 Å². The SMILES string of the molecule is CC#C/C(=C(N)\C=C(/N)C=O)C(C)/C(C)=C/N. The van der Waals surface area contributed by atoms with Crippen LogP contribution in [0.25, 0.3) is 0 Å². The zero-order valence-electron chi connectivity index (χ0n) is 10.4. The van der Waals surface area contributed by atoms with Crippen LogP contribution in [0.4, 0.5) is 0 Å². The summed E-state index contributed by atoms with van der Waals surface area (Å²) in [6.07, 6.45) is 3.47. The van der Waals surface area contributed by atoms with E-state index in [1.165, 1.54) is 12.3 Å². The number of hydrogen-bond donors (Lipinski definition) is 3. The molecule has 0 aliphatic carbocycles. The molecule has 0 bridgehead atoms. The van der Waals surface area contributed by atoms with Crippen LogP contribution in [0.2, 0.25) is 0 Å². The number of carbonyl (C=O) groups is 1. The lowest BCUT2D eigenvalue weighted by atomic mass is 9.92. The zero-order valence-corrected chi connectivity index (χ0v) is 10.4. The molecule has 0 saturated carbocycles. The van der Waals surface area contributed by atoms with Gasteiger partial charge in [-0.25, -0.2) is 0 Å². The maximum atomic E-state index is 10.4. The van der Waals surface area contributed by atoms with Crippen LogP contribution in [-0.2, 0) is 4.79 Å². The third-order valence-electron chi connectivity index (χ3n) is 2.41. The number of hydrogen-bond acceptors (Lipinski definition) is 4. The van der Waals surface area contributed by atoms with Crippen molar-refractivity contribution in [3.05, 3.63) is 34.8 Å². The lowest BCUT2D eigenvalue weighted by Crippen LogP contribution is -2.11. The molecule has 0 heterocycles. The van der Waals surface area contributed by atoms with Crippen molar-refractivity contribution in [1.29, 1.82) is 0 Å². The van der Waals surface area contributed by atoms with Crippen LogP contribution < -0.4 is 17.2 Å². The molecule has 0 rings (SSSR count). The van der Waals surface area contributed by atoms with E-state index in [0.717, 1.165) is 5.57 Å². The van der Waals surface area contributed by atoms with Gasteiger partial charge in [0.25, 0.3) is 0 Å². The maximum Gasteiger partial charge on any atom is 0.165 e. The molecule has 4 nitrogen and oxygen atoms in total. The molecule has 0 aromatic heterocycles. The fourth-order valence-corrected chi connectivity index (χ4v) is 1.23. The zero-order chi connectivity index (χ0) is 13.4. The van der Waals surface area contributed by atoms with Crippen molar-refractivity contribution in [3.63, 3.8) is 0 Å². The van der Waals surface area contributed by atoms with Gasteiger partial charge in [-0.05, 0) is 31.7 Å². The summed E-state index contributed by atoms with van der Waals surface area (Å²) in [5.41, 5.74) is 18.8. The van der Waals surface area contributed by atoms with E-state index in [-0.39, 0.29) is 11.6 Å².